The molecule has 0 saturated heterocycles. The SMILES string of the molecule is CCOc1ccc(NC(=O)[C@@H]2Sc3nnc(-c4ccccc4)n3N[C@H]2c2ccc(Cl)cc2)cc1. The van der Waals surface area contributed by atoms with E-state index in [1.807, 2.05) is 90.5 Å². The number of hydrogen-bond acceptors (Lipinski definition) is 6. The molecule has 172 valence electrons. The number of benzene rings is 3. The van der Waals surface area contributed by atoms with Gasteiger partial charge >= 0.3 is 0 Å². The predicted molar refractivity (Wildman–Crippen MR) is 135 cm³/mol. The van der Waals surface area contributed by atoms with Crippen LogP contribution in [0.4, 0.5) is 5.69 Å². The van der Waals surface area contributed by atoms with Gasteiger partial charge in [-0.1, -0.05) is 65.8 Å². The van der Waals surface area contributed by atoms with Crippen molar-refractivity contribution in [2.75, 3.05) is 17.3 Å². The van der Waals surface area contributed by atoms with Gasteiger partial charge in [0.2, 0.25) is 11.1 Å². The molecule has 1 aromatic heterocycles. The van der Waals surface area contributed by atoms with Gasteiger partial charge in [0.15, 0.2) is 5.82 Å². The Morgan fingerprint density at radius 3 is 2.50 bits per heavy atom. The van der Waals surface area contributed by atoms with Crippen molar-refractivity contribution < 1.29 is 9.53 Å². The highest BCUT2D eigenvalue weighted by Crippen LogP contribution is 2.39. The van der Waals surface area contributed by atoms with Crippen LogP contribution in [-0.4, -0.2) is 32.6 Å². The summed E-state index contributed by atoms with van der Waals surface area (Å²) in [5.41, 5.74) is 6.03. The number of ether oxygens (including phenoxy) is 1. The molecule has 5 rings (SSSR count). The van der Waals surface area contributed by atoms with Gasteiger partial charge in [-0.3, -0.25) is 4.79 Å². The van der Waals surface area contributed by atoms with Crippen LogP contribution in [0.15, 0.2) is 84.0 Å². The van der Waals surface area contributed by atoms with Gasteiger partial charge in [-0.05, 0) is 48.9 Å². The molecular formula is C25H22ClN5O2S. The average Bonchev–Trinajstić information content (AvgIpc) is 3.29. The third-order valence-electron chi connectivity index (χ3n) is 5.39. The summed E-state index contributed by atoms with van der Waals surface area (Å²) in [5.74, 6) is 1.30. The van der Waals surface area contributed by atoms with E-state index in [1.54, 1.807) is 0 Å². The first kappa shape index (κ1) is 22.3. The maximum atomic E-state index is 13.4. The number of amides is 1. The highest BCUT2D eigenvalue weighted by molar-refractivity contribution is 8.00. The first-order chi connectivity index (χ1) is 16.6. The van der Waals surface area contributed by atoms with Crippen molar-refractivity contribution >= 4 is 35.0 Å². The Kier molecular flexibility index (Phi) is 6.42. The minimum absolute atomic E-state index is 0.142. The number of carbonyl (C=O) groups excluding carboxylic acids is 1. The Hall–Kier alpha value is -3.49. The lowest BCUT2D eigenvalue weighted by molar-refractivity contribution is -0.116. The van der Waals surface area contributed by atoms with Crippen molar-refractivity contribution in [2.45, 2.75) is 23.4 Å². The quantitative estimate of drug-likeness (QED) is 0.376. The molecule has 4 aromatic rings. The normalized spacial score (nSPS) is 16.9. The number of halogens is 1. The van der Waals surface area contributed by atoms with Crippen LogP contribution in [0, 0.1) is 0 Å². The van der Waals surface area contributed by atoms with E-state index in [0.717, 1.165) is 16.9 Å². The van der Waals surface area contributed by atoms with Crippen LogP contribution in [-0.2, 0) is 4.79 Å². The van der Waals surface area contributed by atoms with E-state index >= 15 is 0 Å². The van der Waals surface area contributed by atoms with Gasteiger partial charge < -0.3 is 15.5 Å². The highest BCUT2D eigenvalue weighted by atomic mass is 35.5. The molecule has 0 saturated carbocycles. The lowest BCUT2D eigenvalue weighted by Gasteiger charge is -2.33. The number of nitrogens with zero attached hydrogens (tertiary/aromatic N) is 3. The zero-order valence-electron chi connectivity index (χ0n) is 18.3. The van der Waals surface area contributed by atoms with Crippen molar-refractivity contribution in [1.29, 1.82) is 0 Å². The fraction of sp³-hybridized carbons (Fsp3) is 0.160. The highest BCUT2D eigenvalue weighted by Gasteiger charge is 2.38. The average molecular weight is 492 g/mol. The maximum absolute atomic E-state index is 13.4. The van der Waals surface area contributed by atoms with Crippen molar-refractivity contribution in [3.8, 4) is 17.1 Å². The Balaban J connectivity index is 1.46. The van der Waals surface area contributed by atoms with Crippen LogP contribution >= 0.6 is 23.4 Å². The van der Waals surface area contributed by atoms with Crippen LogP contribution in [0.3, 0.4) is 0 Å². The summed E-state index contributed by atoms with van der Waals surface area (Å²) in [6.45, 7) is 2.52. The number of fused-ring (bicyclic) bond motifs is 1. The van der Waals surface area contributed by atoms with E-state index in [2.05, 4.69) is 20.9 Å². The molecule has 0 fully saturated rings. The molecule has 1 aliphatic heterocycles. The van der Waals surface area contributed by atoms with Gasteiger partial charge in [0.1, 0.15) is 11.0 Å². The van der Waals surface area contributed by atoms with Gasteiger partial charge in [0, 0.05) is 16.3 Å². The molecule has 9 heteroatoms. The lowest BCUT2D eigenvalue weighted by Crippen LogP contribution is -2.41. The molecule has 34 heavy (non-hydrogen) atoms. The lowest BCUT2D eigenvalue weighted by atomic mass is 10.0. The molecule has 2 atom stereocenters. The van der Waals surface area contributed by atoms with Crippen LogP contribution in [0.2, 0.25) is 5.02 Å². The molecular weight excluding hydrogens is 470 g/mol. The second kappa shape index (κ2) is 9.79. The molecule has 0 spiro atoms. The van der Waals surface area contributed by atoms with E-state index in [4.69, 9.17) is 16.3 Å². The maximum Gasteiger partial charge on any atom is 0.240 e. The second-order valence-corrected chi connectivity index (χ2v) is 9.20. The van der Waals surface area contributed by atoms with Crippen LogP contribution in [0.25, 0.3) is 11.4 Å². The van der Waals surface area contributed by atoms with Gasteiger partial charge in [0.05, 0.1) is 12.6 Å². The second-order valence-electron chi connectivity index (χ2n) is 7.65. The van der Waals surface area contributed by atoms with E-state index in [-0.39, 0.29) is 11.9 Å². The van der Waals surface area contributed by atoms with E-state index < -0.39 is 5.25 Å². The molecule has 0 radical (unpaired) electrons. The van der Waals surface area contributed by atoms with Crippen molar-refractivity contribution in [3.05, 3.63) is 89.4 Å². The molecule has 0 unspecified atom stereocenters. The molecule has 0 aliphatic carbocycles. The summed E-state index contributed by atoms with van der Waals surface area (Å²) >= 11 is 7.50. The summed E-state index contributed by atoms with van der Waals surface area (Å²) in [7, 11) is 0. The number of nitrogens with one attached hydrogen (secondary N) is 2. The van der Waals surface area contributed by atoms with Crippen molar-refractivity contribution in [2.24, 2.45) is 0 Å². The first-order valence-electron chi connectivity index (χ1n) is 10.9. The van der Waals surface area contributed by atoms with Gasteiger partial charge in [-0.25, -0.2) is 4.68 Å². The smallest absolute Gasteiger partial charge is 0.240 e. The third kappa shape index (κ3) is 4.60. The fourth-order valence-corrected chi connectivity index (χ4v) is 4.97. The van der Waals surface area contributed by atoms with Gasteiger partial charge in [-0.15, -0.1) is 10.2 Å². The van der Waals surface area contributed by atoms with E-state index in [1.165, 1.54) is 11.8 Å². The number of thioether (sulfide) groups is 1. The van der Waals surface area contributed by atoms with E-state index in [0.29, 0.717) is 28.3 Å². The zero-order chi connectivity index (χ0) is 23.5. The summed E-state index contributed by atoms with van der Waals surface area (Å²) in [4.78, 5) is 13.4. The summed E-state index contributed by atoms with van der Waals surface area (Å²) in [6, 6.07) is 24.3. The van der Waals surface area contributed by atoms with Crippen molar-refractivity contribution in [3.63, 3.8) is 0 Å². The van der Waals surface area contributed by atoms with Crippen LogP contribution in [0.1, 0.15) is 18.5 Å². The van der Waals surface area contributed by atoms with E-state index in [9.17, 15) is 4.79 Å². The number of rotatable bonds is 6. The van der Waals surface area contributed by atoms with Crippen molar-refractivity contribution in [1.82, 2.24) is 14.9 Å². The summed E-state index contributed by atoms with van der Waals surface area (Å²) in [6.07, 6.45) is 0. The number of aromatic nitrogens is 3. The largest absolute Gasteiger partial charge is 0.494 e. The standard InChI is InChI=1S/C25H22ClN5O2S/c1-2-33-20-14-12-19(13-15-20)27-24(32)22-21(16-8-10-18(26)11-9-16)30-31-23(28-29-25(31)34-22)17-6-4-3-5-7-17/h3-15,21-22,30H,2H2,1H3,(H,27,32)/t21-,22+/m0/s1. The number of anilines is 1. The zero-order valence-corrected chi connectivity index (χ0v) is 19.9. The molecule has 1 amide bonds. The summed E-state index contributed by atoms with van der Waals surface area (Å²) < 4.78 is 7.34. The van der Waals surface area contributed by atoms with Crippen LogP contribution < -0.4 is 15.5 Å². The molecule has 2 heterocycles. The first-order valence-corrected chi connectivity index (χ1v) is 12.1. The Bertz CT molecular complexity index is 1280. The summed E-state index contributed by atoms with van der Waals surface area (Å²) in [5, 5.41) is 12.5. The molecule has 0 bridgehead atoms. The van der Waals surface area contributed by atoms with Gasteiger partial charge in [0.25, 0.3) is 0 Å². The predicted octanol–water partition coefficient (Wildman–Crippen LogP) is 5.40. The Labute approximate surface area is 206 Å². The molecule has 2 N–H and O–H groups in total. The Morgan fingerprint density at radius 1 is 1.06 bits per heavy atom. The monoisotopic (exact) mass is 491 g/mol. The molecule has 1 aliphatic rings. The van der Waals surface area contributed by atoms with Crippen LogP contribution in [0.5, 0.6) is 5.75 Å². The minimum atomic E-state index is -0.493. The molecule has 7 nitrogen and oxygen atoms in total. The number of hydrogen-bond donors (Lipinski definition) is 2. The Morgan fingerprint density at radius 2 is 1.79 bits per heavy atom. The topological polar surface area (TPSA) is 81.1 Å². The fourth-order valence-electron chi connectivity index (χ4n) is 3.76. The minimum Gasteiger partial charge on any atom is -0.494 e. The number of carbonyl (C=O) groups is 1. The third-order valence-corrected chi connectivity index (χ3v) is 6.86. The molecule has 3 aromatic carbocycles. The van der Waals surface area contributed by atoms with Gasteiger partial charge in [-0.2, -0.15) is 0 Å².